The first kappa shape index (κ1) is 35.6. The second-order valence-corrected chi connectivity index (χ2v) is 15.7. The second kappa shape index (κ2) is 12.1. The van der Waals surface area contributed by atoms with E-state index < -0.39 is 97.9 Å². The van der Waals surface area contributed by atoms with Gasteiger partial charge in [0.15, 0.2) is 11.6 Å². The predicted molar refractivity (Wildman–Crippen MR) is 159 cm³/mol. The van der Waals surface area contributed by atoms with Crippen LogP contribution in [0.5, 0.6) is 0 Å². The third kappa shape index (κ3) is 7.02. The molecule has 0 saturated heterocycles. The number of carbonyl (C=O) groups excluding carboxylic acids is 2. The first-order valence-electron chi connectivity index (χ1n) is 12.3. The maximum absolute atomic E-state index is 15.3. The van der Waals surface area contributed by atoms with Crippen molar-refractivity contribution >= 4 is 83.7 Å². The Kier molecular flexibility index (Phi) is 9.35. The van der Waals surface area contributed by atoms with Gasteiger partial charge in [0.2, 0.25) is 26.0 Å². The summed E-state index contributed by atoms with van der Waals surface area (Å²) in [5.74, 6) is -9.48. The van der Waals surface area contributed by atoms with Gasteiger partial charge in [0.1, 0.15) is 15.8 Å². The summed E-state index contributed by atoms with van der Waals surface area (Å²) in [6.07, 6.45) is -4.26. The van der Waals surface area contributed by atoms with E-state index in [4.69, 9.17) is 34.8 Å². The molecule has 1 aliphatic rings. The molecule has 0 aliphatic heterocycles. The summed E-state index contributed by atoms with van der Waals surface area (Å²) < 4.78 is 129. The molecule has 2 N–H and O–H groups in total. The van der Waals surface area contributed by atoms with Crippen molar-refractivity contribution in [2.24, 2.45) is 5.92 Å². The van der Waals surface area contributed by atoms with E-state index in [9.17, 15) is 48.4 Å². The Labute approximate surface area is 272 Å². The minimum atomic E-state index is -5.03. The molecule has 4 rings (SSSR count). The zero-order valence-electron chi connectivity index (χ0n) is 22.9. The Bertz CT molecular complexity index is 1960. The van der Waals surface area contributed by atoms with Crippen LogP contribution in [0.4, 0.5) is 43.4 Å². The minimum absolute atomic E-state index is 0.120. The van der Waals surface area contributed by atoms with Gasteiger partial charge in [0.25, 0.3) is 5.91 Å². The highest BCUT2D eigenvalue weighted by Gasteiger charge is 2.67. The Balaban J connectivity index is 1.59. The van der Waals surface area contributed by atoms with Crippen LogP contribution in [0.1, 0.15) is 27.4 Å². The van der Waals surface area contributed by atoms with E-state index in [1.165, 1.54) is 6.07 Å². The number of nitrogens with zero attached hydrogens (tertiary/aromatic N) is 1. The summed E-state index contributed by atoms with van der Waals surface area (Å²) in [4.78, 5) is 26.1. The third-order valence-electron chi connectivity index (χ3n) is 6.57. The Morgan fingerprint density at radius 3 is 2.02 bits per heavy atom. The van der Waals surface area contributed by atoms with Crippen molar-refractivity contribution in [3.8, 4) is 0 Å². The summed E-state index contributed by atoms with van der Waals surface area (Å²) in [5, 5.41) is 4.13. The number of halogens is 9. The van der Waals surface area contributed by atoms with Crippen LogP contribution in [-0.4, -0.2) is 45.5 Å². The van der Waals surface area contributed by atoms with E-state index in [0.717, 1.165) is 18.2 Å². The van der Waals surface area contributed by atoms with Crippen LogP contribution < -0.4 is 14.3 Å². The normalized spacial score (nSPS) is 17.7. The number of carbonyl (C=O) groups is 2. The van der Waals surface area contributed by atoms with Gasteiger partial charge in [-0.05, 0) is 48.0 Å². The SMILES string of the molecule is CS(=O)(=O)N(c1c(F)ccc(NC(=O)c2cc(NC(=O)C3[C@H](c4ccc(F)c(C(F)(F)F)c4)C3(Cl)Cl)ccc2Cl)c1F)S(C)(=O)=O. The lowest BCUT2D eigenvalue weighted by molar-refractivity contribution is -0.140. The lowest BCUT2D eigenvalue weighted by Crippen LogP contribution is -2.36. The molecule has 2 amide bonds. The van der Waals surface area contributed by atoms with E-state index >= 15 is 4.39 Å². The van der Waals surface area contributed by atoms with Crippen LogP contribution in [0, 0.1) is 23.4 Å². The Morgan fingerprint density at radius 2 is 1.46 bits per heavy atom. The minimum Gasteiger partial charge on any atom is -0.326 e. The average Bonchev–Trinajstić information content (AvgIpc) is 3.49. The first-order valence-corrected chi connectivity index (χ1v) is 17.1. The molecule has 0 bridgehead atoms. The van der Waals surface area contributed by atoms with E-state index in [0.29, 0.717) is 36.8 Å². The molecule has 20 heteroatoms. The van der Waals surface area contributed by atoms with Crippen molar-refractivity contribution < 1.29 is 52.8 Å². The van der Waals surface area contributed by atoms with Crippen molar-refractivity contribution in [2.75, 3.05) is 26.9 Å². The highest BCUT2D eigenvalue weighted by atomic mass is 35.5. The summed E-state index contributed by atoms with van der Waals surface area (Å²) in [7, 11) is -9.56. The summed E-state index contributed by atoms with van der Waals surface area (Å²) in [5.41, 5.74) is -4.65. The number of hydrogen-bond donors (Lipinski definition) is 2. The molecule has 46 heavy (non-hydrogen) atoms. The molecular formula is C26H18Cl3F6N3O6S2. The maximum Gasteiger partial charge on any atom is 0.419 e. The fourth-order valence-corrected chi connectivity index (χ4v) is 8.59. The first-order chi connectivity index (χ1) is 21.0. The van der Waals surface area contributed by atoms with Crippen LogP contribution in [0.2, 0.25) is 5.02 Å². The number of benzene rings is 3. The number of nitrogens with one attached hydrogen (secondary N) is 2. The quantitative estimate of drug-likeness (QED) is 0.206. The van der Waals surface area contributed by atoms with Gasteiger partial charge in [0.05, 0.1) is 40.3 Å². The smallest absolute Gasteiger partial charge is 0.326 e. The highest BCUT2D eigenvalue weighted by Crippen LogP contribution is 2.65. The van der Waals surface area contributed by atoms with Gasteiger partial charge in [-0.1, -0.05) is 17.7 Å². The fourth-order valence-electron chi connectivity index (χ4n) is 4.59. The predicted octanol–water partition coefficient (Wildman–Crippen LogP) is 6.28. The fraction of sp³-hybridized carbons (Fsp3) is 0.231. The molecule has 1 unspecified atom stereocenters. The lowest BCUT2D eigenvalue weighted by Gasteiger charge is -2.22. The van der Waals surface area contributed by atoms with Crippen LogP contribution in [0.15, 0.2) is 48.5 Å². The molecule has 0 aromatic heterocycles. The summed E-state index contributed by atoms with van der Waals surface area (Å²) >= 11 is 18.5. The number of sulfonamides is 2. The van der Waals surface area contributed by atoms with Crippen LogP contribution in [0.25, 0.3) is 0 Å². The molecule has 0 heterocycles. The molecule has 1 aliphatic carbocycles. The Hall–Kier alpha value is -3.25. The summed E-state index contributed by atoms with van der Waals surface area (Å²) in [6, 6.07) is 6.57. The van der Waals surface area contributed by atoms with Crippen molar-refractivity contribution in [1.82, 2.24) is 0 Å². The lowest BCUT2D eigenvalue weighted by atomic mass is 10.0. The maximum atomic E-state index is 15.3. The van der Waals surface area contributed by atoms with Crippen LogP contribution in [-0.2, 0) is 31.0 Å². The van der Waals surface area contributed by atoms with Crippen LogP contribution >= 0.6 is 34.8 Å². The number of rotatable bonds is 8. The van der Waals surface area contributed by atoms with E-state index in [1.54, 1.807) is 0 Å². The molecule has 0 spiro atoms. The zero-order valence-corrected chi connectivity index (χ0v) is 26.8. The molecule has 1 saturated carbocycles. The van der Waals surface area contributed by atoms with Gasteiger partial charge < -0.3 is 10.6 Å². The zero-order chi connectivity index (χ0) is 34.7. The number of anilines is 3. The monoisotopic (exact) mass is 751 g/mol. The molecule has 248 valence electrons. The van der Waals surface area contributed by atoms with E-state index in [-0.39, 0.29) is 16.3 Å². The van der Waals surface area contributed by atoms with E-state index in [2.05, 4.69) is 5.32 Å². The number of amides is 2. The topological polar surface area (TPSA) is 130 Å². The molecule has 9 nitrogen and oxygen atoms in total. The van der Waals surface area contributed by atoms with Gasteiger partial charge in [-0.15, -0.1) is 23.2 Å². The molecule has 1 fully saturated rings. The van der Waals surface area contributed by atoms with Gasteiger partial charge >= 0.3 is 6.18 Å². The molecule has 0 radical (unpaired) electrons. The number of alkyl halides is 5. The van der Waals surface area contributed by atoms with Crippen molar-refractivity contribution in [3.05, 3.63) is 87.7 Å². The largest absolute Gasteiger partial charge is 0.419 e. The van der Waals surface area contributed by atoms with Crippen LogP contribution in [0.3, 0.4) is 0 Å². The second-order valence-electron chi connectivity index (χ2n) is 9.99. The molecule has 3 aromatic rings. The third-order valence-corrected chi connectivity index (χ3v) is 11.0. The average molecular weight is 753 g/mol. The standard InChI is InChI=1S/C26H18Cl3F6N3O6S2/c1-45(41,42)38(46(2,43)44)22-17(31)7-8-18(21(22)32)37-23(39)13-10-12(4-5-15(13)27)36-24(40)20-19(25(20,28)29)11-3-6-16(30)14(9-11)26(33,34)35/h3-10,19-20H,1-2H3,(H,36,40)(H,37,39)/t19-,20?/m0/s1. The van der Waals surface area contributed by atoms with E-state index in [1.807, 2.05) is 5.32 Å². The molecule has 2 atom stereocenters. The van der Waals surface area contributed by atoms with Gasteiger partial charge in [-0.25, -0.2) is 30.0 Å². The molecular weight excluding hydrogens is 735 g/mol. The Morgan fingerprint density at radius 1 is 0.870 bits per heavy atom. The van der Waals surface area contributed by atoms with Gasteiger partial charge in [-0.2, -0.15) is 16.9 Å². The van der Waals surface area contributed by atoms with Gasteiger partial charge in [-0.3, -0.25) is 9.59 Å². The van der Waals surface area contributed by atoms with Crippen molar-refractivity contribution in [1.29, 1.82) is 0 Å². The molecule has 3 aromatic carbocycles. The van der Waals surface area contributed by atoms with Crippen molar-refractivity contribution in [2.45, 2.75) is 16.4 Å². The highest BCUT2D eigenvalue weighted by molar-refractivity contribution is 8.09. The van der Waals surface area contributed by atoms with Crippen molar-refractivity contribution in [3.63, 3.8) is 0 Å². The van der Waals surface area contributed by atoms with Gasteiger partial charge in [0, 0.05) is 11.6 Å². The number of hydrogen-bond acceptors (Lipinski definition) is 6. The summed E-state index contributed by atoms with van der Waals surface area (Å²) in [6.45, 7) is 0.